The molecule has 0 bridgehead atoms. The average molecular weight is 247 g/mol. The first kappa shape index (κ1) is 13.0. The Morgan fingerprint density at radius 1 is 1.39 bits per heavy atom. The first-order valence-corrected chi connectivity index (χ1v) is 6.22. The molecule has 1 unspecified atom stereocenters. The Morgan fingerprint density at radius 3 is 2.78 bits per heavy atom. The second-order valence-corrected chi connectivity index (χ2v) is 5.05. The average Bonchev–Trinajstić information content (AvgIpc) is 2.64. The van der Waals surface area contributed by atoms with Crippen LogP contribution in [0.2, 0.25) is 0 Å². The van der Waals surface area contributed by atoms with Crippen LogP contribution in [0.3, 0.4) is 0 Å². The molecular formula is C15H18FNO. The van der Waals surface area contributed by atoms with Crippen molar-refractivity contribution in [2.75, 3.05) is 20.6 Å². The fourth-order valence-electron chi connectivity index (χ4n) is 2.38. The highest BCUT2D eigenvalue weighted by Crippen LogP contribution is 2.29. The number of benzene rings is 1. The van der Waals surface area contributed by atoms with E-state index in [-0.39, 0.29) is 17.5 Å². The Bertz CT molecular complexity index is 479. The first-order valence-electron chi connectivity index (χ1n) is 6.22. The van der Waals surface area contributed by atoms with E-state index in [0.717, 1.165) is 25.0 Å². The van der Waals surface area contributed by atoms with Gasteiger partial charge in [-0.3, -0.25) is 4.79 Å². The second-order valence-electron chi connectivity index (χ2n) is 5.05. The van der Waals surface area contributed by atoms with Crippen LogP contribution in [0, 0.1) is 11.7 Å². The summed E-state index contributed by atoms with van der Waals surface area (Å²) in [5, 5.41) is 0. The molecule has 1 aromatic rings. The largest absolute Gasteiger partial charge is 0.309 e. The molecule has 0 radical (unpaired) electrons. The van der Waals surface area contributed by atoms with E-state index in [1.807, 2.05) is 19.0 Å². The molecular weight excluding hydrogens is 229 g/mol. The Balaban J connectivity index is 2.16. The van der Waals surface area contributed by atoms with Crippen LogP contribution in [-0.2, 0) is 4.79 Å². The van der Waals surface area contributed by atoms with Crippen molar-refractivity contribution in [1.29, 1.82) is 0 Å². The van der Waals surface area contributed by atoms with Crippen LogP contribution >= 0.6 is 0 Å². The molecule has 1 aliphatic carbocycles. The Labute approximate surface area is 107 Å². The number of hydrogen-bond donors (Lipinski definition) is 0. The fourth-order valence-corrected chi connectivity index (χ4v) is 2.38. The molecule has 0 N–H and O–H groups in total. The Morgan fingerprint density at radius 2 is 2.11 bits per heavy atom. The van der Waals surface area contributed by atoms with Gasteiger partial charge in [0.25, 0.3) is 0 Å². The molecule has 2 nitrogen and oxygen atoms in total. The summed E-state index contributed by atoms with van der Waals surface area (Å²) in [6.07, 6.45) is 3.33. The van der Waals surface area contributed by atoms with Crippen LogP contribution in [0.4, 0.5) is 4.39 Å². The van der Waals surface area contributed by atoms with Crippen molar-refractivity contribution < 1.29 is 9.18 Å². The lowest BCUT2D eigenvalue weighted by molar-refractivity contribution is -0.118. The van der Waals surface area contributed by atoms with Gasteiger partial charge >= 0.3 is 0 Å². The van der Waals surface area contributed by atoms with Crippen molar-refractivity contribution in [3.8, 4) is 0 Å². The highest BCUT2D eigenvalue weighted by molar-refractivity contribution is 6.03. The van der Waals surface area contributed by atoms with E-state index < -0.39 is 0 Å². The van der Waals surface area contributed by atoms with Gasteiger partial charge < -0.3 is 4.90 Å². The van der Waals surface area contributed by atoms with E-state index in [9.17, 15) is 9.18 Å². The third-order valence-corrected chi connectivity index (χ3v) is 3.27. The molecule has 1 fully saturated rings. The summed E-state index contributed by atoms with van der Waals surface area (Å²) in [7, 11) is 3.93. The summed E-state index contributed by atoms with van der Waals surface area (Å²) >= 11 is 0. The molecule has 96 valence electrons. The summed E-state index contributed by atoms with van der Waals surface area (Å²) in [4.78, 5) is 14.2. The van der Waals surface area contributed by atoms with Crippen LogP contribution in [0.5, 0.6) is 0 Å². The van der Waals surface area contributed by atoms with Gasteiger partial charge in [-0.15, -0.1) is 0 Å². The van der Waals surface area contributed by atoms with Gasteiger partial charge in [0.1, 0.15) is 5.82 Å². The summed E-state index contributed by atoms with van der Waals surface area (Å²) in [5.41, 5.74) is 1.26. The number of hydrogen-bond acceptors (Lipinski definition) is 2. The van der Waals surface area contributed by atoms with Gasteiger partial charge in [-0.1, -0.05) is 18.2 Å². The van der Waals surface area contributed by atoms with Crippen molar-refractivity contribution in [2.45, 2.75) is 12.8 Å². The summed E-state index contributed by atoms with van der Waals surface area (Å²) in [6.45, 7) is 0.771. The predicted molar refractivity (Wildman–Crippen MR) is 70.7 cm³/mol. The smallest absolute Gasteiger partial charge is 0.163 e. The number of rotatable bonds is 3. The molecule has 2 rings (SSSR count). The van der Waals surface area contributed by atoms with E-state index in [4.69, 9.17) is 0 Å². The maximum Gasteiger partial charge on any atom is 0.163 e. The molecule has 0 saturated heterocycles. The lowest BCUT2D eigenvalue weighted by atomic mass is 10.0. The standard InChI is InChI=1S/C15H18FNO/c1-17(2)10-13-8-7-12(15(13)18)9-11-5-3-4-6-14(11)16/h3-6,9,13H,7-8,10H2,1-2H3/b12-9+. The van der Waals surface area contributed by atoms with Crippen molar-refractivity contribution in [3.05, 3.63) is 41.2 Å². The van der Waals surface area contributed by atoms with E-state index in [1.165, 1.54) is 6.07 Å². The van der Waals surface area contributed by atoms with Crippen LogP contribution < -0.4 is 0 Å². The summed E-state index contributed by atoms with van der Waals surface area (Å²) in [6, 6.07) is 6.56. The highest BCUT2D eigenvalue weighted by atomic mass is 19.1. The lowest BCUT2D eigenvalue weighted by Crippen LogP contribution is -2.24. The van der Waals surface area contributed by atoms with Gasteiger partial charge in [0, 0.05) is 18.0 Å². The van der Waals surface area contributed by atoms with Crippen molar-refractivity contribution in [2.24, 2.45) is 5.92 Å². The molecule has 18 heavy (non-hydrogen) atoms. The number of carbonyl (C=O) groups is 1. The molecule has 1 atom stereocenters. The van der Waals surface area contributed by atoms with Crippen molar-refractivity contribution >= 4 is 11.9 Å². The zero-order valence-corrected chi connectivity index (χ0v) is 10.8. The molecule has 1 aliphatic rings. The maximum atomic E-state index is 13.5. The summed E-state index contributed by atoms with van der Waals surface area (Å²) < 4.78 is 13.5. The minimum atomic E-state index is -0.270. The third kappa shape index (κ3) is 2.85. The van der Waals surface area contributed by atoms with Crippen LogP contribution in [0.1, 0.15) is 18.4 Å². The van der Waals surface area contributed by atoms with Gasteiger partial charge in [-0.2, -0.15) is 0 Å². The summed E-state index contributed by atoms with van der Waals surface area (Å²) in [5.74, 6) is -0.0289. The predicted octanol–water partition coefficient (Wildman–Crippen LogP) is 2.75. The van der Waals surface area contributed by atoms with Crippen LogP contribution in [0.15, 0.2) is 29.8 Å². The molecule has 0 aliphatic heterocycles. The van der Waals surface area contributed by atoms with Gasteiger partial charge in [-0.05, 0) is 44.7 Å². The van der Waals surface area contributed by atoms with Gasteiger partial charge in [-0.25, -0.2) is 4.39 Å². The SMILES string of the molecule is CN(C)CC1CC/C(=C\c2ccccc2F)C1=O. The molecule has 0 aromatic heterocycles. The minimum absolute atomic E-state index is 0.0676. The number of Topliss-reactive ketones (excluding diaryl/α,β-unsaturated/α-hetero) is 1. The fraction of sp³-hybridized carbons (Fsp3) is 0.400. The number of nitrogens with zero attached hydrogens (tertiary/aromatic N) is 1. The number of allylic oxidation sites excluding steroid dienone is 1. The monoisotopic (exact) mass is 247 g/mol. The van der Waals surface area contributed by atoms with Gasteiger partial charge in [0.05, 0.1) is 0 Å². The number of halogens is 1. The Hall–Kier alpha value is -1.48. The van der Waals surface area contributed by atoms with Crippen molar-refractivity contribution in [3.63, 3.8) is 0 Å². The zero-order chi connectivity index (χ0) is 13.1. The molecule has 0 spiro atoms. The Kier molecular flexibility index (Phi) is 3.92. The molecule has 1 saturated carbocycles. The third-order valence-electron chi connectivity index (χ3n) is 3.27. The lowest BCUT2D eigenvalue weighted by Gasteiger charge is -2.13. The molecule has 3 heteroatoms. The maximum absolute atomic E-state index is 13.5. The second kappa shape index (κ2) is 5.44. The van der Waals surface area contributed by atoms with E-state index in [1.54, 1.807) is 24.3 Å². The van der Waals surface area contributed by atoms with Gasteiger partial charge in [0.2, 0.25) is 0 Å². The minimum Gasteiger partial charge on any atom is -0.309 e. The normalized spacial score (nSPS) is 22.1. The van der Waals surface area contributed by atoms with E-state index in [2.05, 4.69) is 0 Å². The zero-order valence-electron chi connectivity index (χ0n) is 10.8. The quantitative estimate of drug-likeness (QED) is 0.765. The molecule has 0 heterocycles. The van der Waals surface area contributed by atoms with Crippen LogP contribution in [0.25, 0.3) is 6.08 Å². The molecule has 1 aromatic carbocycles. The number of carbonyl (C=O) groups excluding carboxylic acids is 1. The van der Waals surface area contributed by atoms with Gasteiger partial charge in [0.15, 0.2) is 5.78 Å². The van der Waals surface area contributed by atoms with Crippen LogP contribution in [-0.4, -0.2) is 31.3 Å². The van der Waals surface area contributed by atoms with E-state index in [0.29, 0.717) is 5.56 Å². The first-order chi connectivity index (χ1) is 8.58. The van der Waals surface area contributed by atoms with Crippen molar-refractivity contribution in [1.82, 2.24) is 4.90 Å². The number of ketones is 1. The highest BCUT2D eigenvalue weighted by Gasteiger charge is 2.29. The topological polar surface area (TPSA) is 20.3 Å². The molecule has 0 amide bonds. The van der Waals surface area contributed by atoms with E-state index >= 15 is 0 Å².